The standard InChI is InChI=1S/C54H67N7O11/c1-28(2)25-60-22-20-54(21-23-60)56-42-39-40-47(65)34(8)50-41(39)51(67)53(9,72-50)70-24-19-37(69-10)31(5)49(71-38(62)27-61-26-36(58-59-61)35-17-12-11-13-18-35)33(7)46(64)32(6)45(63)29(3)15-14-16-30(4)52(68)55-44(48(40)66)43(42)57-54/h11-19,24,26,28-29,31-33,37,45-46,49,63-66H,20-23,25,27H2,1-10H3,(H,55,68)/b15-14+,24-19+,30-16-/t29-,31+,32+,33+,37-,45-,46+,49+,53-/m0/s1. The van der Waals surface area contributed by atoms with Gasteiger partial charge in [-0.25, -0.2) is 4.68 Å². The number of methoxy groups -OCH3 is 1. The highest BCUT2D eigenvalue weighted by Gasteiger charge is 2.50. The van der Waals surface area contributed by atoms with Crippen LogP contribution in [0.2, 0.25) is 0 Å². The number of esters is 1. The van der Waals surface area contributed by atoms with Crippen molar-refractivity contribution >= 4 is 34.1 Å². The Bertz CT molecular complexity index is 2960. The van der Waals surface area contributed by atoms with Gasteiger partial charge in [-0.1, -0.05) is 95.3 Å². The number of aromatic hydroxyl groups is 2. The number of carbonyl (C=O) groups is 3. The first kappa shape index (κ1) is 51.9. The molecule has 6 heterocycles. The molecule has 4 aromatic rings. The molecule has 0 radical (unpaired) electrons. The number of benzene rings is 3. The third-order valence-electron chi connectivity index (χ3n) is 14.8. The summed E-state index contributed by atoms with van der Waals surface area (Å²) in [6.45, 7) is 17.9. The zero-order valence-electron chi connectivity index (χ0n) is 42.6. The molecule has 72 heavy (non-hydrogen) atoms. The Morgan fingerprint density at radius 1 is 0.931 bits per heavy atom. The molecule has 0 unspecified atom stereocenters. The van der Waals surface area contributed by atoms with Crippen LogP contribution in [0.15, 0.2) is 82.7 Å². The molecule has 5 N–H and O–H groups in total. The first-order chi connectivity index (χ1) is 34.2. The number of likely N-dealkylation sites (tertiary alicyclic amines) is 1. The lowest BCUT2D eigenvalue weighted by Crippen LogP contribution is -2.47. The molecule has 1 saturated heterocycles. The molecule has 1 spiro atoms. The molecule has 18 heteroatoms. The highest BCUT2D eigenvalue weighted by molar-refractivity contribution is 6.19. The zero-order valence-corrected chi connectivity index (χ0v) is 42.6. The van der Waals surface area contributed by atoms with Crippen LogP contribution in [0.25, 0.3) is 22.0 Å². The van der Waals surface area contributed by atoms with Crippen molar-refractivity contribution in [2.24, 2.45) is 39.6 Å². The van der Waals surface area contributed by atoms with Crippen molar-refractivity contribution in [3.8, 4) is 28.5 Å². The van der Waals surface area contributed by atoms with Crippen LogP contribution in [0, 0.1) is 36.5 Å². The number of amides is 1. The maximum Gasteiger partial charge on any atom is 0.328 e. The van der Waals surface area contributed by atoms with E-state index in [1.807, 2.05) is 30.3 Å². The van der Waals surface area contributed by atoms with Crippen LogP contribution in [0.5, 0.6) is 17.2 Å². The summed E-state index contributed by atoms with van der Waals surface area (Å²) < 4.78 is 26.1. The average molecular weight is 990 g/mol. The van der Waals surface area contributed by atoms with E-state index in [0.717, 1.165) is 12.1 Å². The van der Waals surface area contributed by atoms with E-state index in [-0.39, 0.29) is 61.9 Å². The maximum atomic E-state index is 14.9. The van der Waals surface area contributed by atoms with Gasteiger partial charge in [0.1, 0.15) is 40.9 Å². The van der Waals surface area contributed by atoms with Gasteiger partial charge in [-0.15, -0.1) is 5.10 Å². The average Bonchev–Trinajstić information content (AvgIpc) is 4.05. The Balaban J connectivity index is 1.20. The van der Waals surface area contributed by atoms with Crippen molar-refractivity contribution < 1.29 is 53.8 Å². The number of hydrogen-bond acceptors (Lipinski definition) is 16. The van der Waals surface area contributed by atoms with E-state index in [9.17, 15) is 34.8 Å². The monoisotopic (exact) mass is 989 g/mol. The van der Waals surface area contributed by atoms with E-state index >= 15 is 0 Å². The van der Waals surface area contributed by atoms with Gasteiger partial charge in [0.15, 0.2) is 11.4 Å². The van der Waals surface area contributed by atoms with Crippen molar-refractivity contribution in [2.75, 3.05) is 32.1 Å². The summed E-state index contributed by atoms with van der Waals surface area (Å²) in [5.41, 5.74) is 0.725. The number of Topliss-reactive ketones (excluding diaryl/α,β-unsaturated/α-hetero) is 1. The Kier molecular flexibility index (Phi) is 14.8. The van der Waals surface area contributed by atoms with Crippen molar-refractivity contribution in [1.29, 1.82) is 0 Å². The molecule has 0 aliphatic carbocycles. The quantitative estimate of drug-likeness (QED) is 0.111. The molecule has 0 saturated carbocycles. The van der Waals surface area contributed by atoms with Gasteiger partial charge in [0.05, 0.1) is 47.1 Å². The van der Waals surface area contributed by atoms with Crippen molar-refractivity contribution in [3.63, 3.8) is 0 Å². The lowest BCUT2D eigenvalue weighted by Gasteiger charge is -2.38. The lowest BCUT2D eigenvalue weighted by atomic mass is 9.78. The molecular weight excluding hydrogens is 923 g/mol. The summed E-state index contributed by atoms with van der Waals surface area (Å²) >= 11 is 0. The minimum atomic E-state index is -2.01. The summed E-state index contributed by atoms with van der Waals surface area (Å²) in [6.07, 6.45) is 6.24. The van der Waals surface area contributed by atoms with E-state index < -0.39 is 82.9 Å². The number of piperidine rings is 1. The van der Waals surface area contributed by atoms with Crippen LogP contribution in [0.4, 0.5) is 5.69 Å². The predicted molar refractivity (Wildman–Crippen MR) is 267 cm³/mol. The second-order valence-electron chi connectivity index (χ2n) is 20.5. The number of allylic oxidation sites excluding steroid dienone is 2. The number of rotatable bonds is 7. The van der Waals surface area contributed by atoms with Crippen LogP contribution in [-0.4, -0.2) is 121 Å². The number of ketones is 1. The minimum Gasteiger partial charge on any atom is -0.507 e. The van der Waals surface area contributed by atoms with E-state index in [1.165, 1.54) is 25.0 Å². The molecule has 5 aliphatic rings. The van der Waals surface area contributed by atoms with E-state index in [4.69, 9.17) is 28.9 Å². The fourth-order valence-corrected chi connectivity index (χ4v) is 10.4. The molecule has 9 rings (SSSR count). The number of hydrogen-bond donors (Lipinski definition) is 5. The molecule has 1 amide bonds. The Labute approximate surface area is 418 Å². The molecule has 5 aliphatic heterocycles. The number of ether oxygens (including phenoxy) is 4. The van der Waals surface area contributed by atoms with Gasteiger partial charge in [-0.05, 0) is 25.8 Å². The van der Waals surface area contributed by atoms with Crippen molar-refractivity contribution in [3.05, 3.63) is 94.5 Å². The molecule has 18 nitrogen and oxygen atoms in total. The van der Waals surface area contributed by atoms with Gasteiger partial charge in [-0.3, -0.25) is 24.4 Å². The minimum absolute atomic E-state index is 0.0182. The molecule has 3 aromatic carbocycles. The third-order valence-corrected chi connectivity index (χ3v) is 14.8. The van der Waals surface area contributed by atoms with Gasteiger partial charge in [0.25, 0.3) is 11.7 Å². The summed E-state index contributed by atoms with van der Waals surface area (Å²) in [6, 6.07) is 9.39. The van der Waals surface area contributed by atoms with Crippen LogP contribution < -0.4 is 20.8 Å². The number of anilines is 1. The van der Waals surface area contributed by atoms with E-state index in [1.54, 1.807) is 72.0 Å². The SMILES string of the molecule is CO[C@H]1/C=C/O[C@@]2(C)Oc3c(C)c(O)c4c(O)c(c5c(c4c3C2=O)=NC2(CCN(CC(C)C)CC2)N=5)NC(=O)/C(C)=C\C=C\[C@H](C)[C@H](O)[C@@H](C)[C@@H](O)[C@@H](C)[C@H](OC(=O)Cn2cc(-c3ccccc3)nn2)[C@@H]1C. The summed E-state index contributed by atoms with van der Waals surface area (Å²) in [5.74, 6) is -7.03. The molecule has 1 aromatic heterocycles. The number of aliphatic hydroxyl groups is 2. The smallest absolute Gasteiger partial charge is 0.328 e. The Morgan fingerprint density at radius 3 is 2.31 bits per heavy atom. The number of nitrogens with zero attached hydrogens (tertiary/aromatic N) is 6. The van der Waals surface area contributed by atoms with Crippen molar-refractivity contribution in [1.82, 2.24) is 19.9 Å². The number of aromatic nitrogens is 3. The van der Waals surface area contributed by atoms with Gasteiger partial charge in [0, 0.05) is 92.3 Å². The topological polar surface area (TPSA) is 240 Å². The second kappa shape index (κ2) is 20.6. The summed E-state index contributed by atoms with van der Waals surface area (Å²) in [7, 11) is 1.46. The number of carbonyl (C=O) groups excluding carboxylic acids is 3. The Hall–Kier alpha value is -6.47. The largest absolute Gasteiger partial charge is 0.507 e. The molecule has 384 valence electrons. The molecule has 1 fully saturated rings. The second-order valence-corrected chi connectivity index (χ2v) is 20.5. The molecule has 9 atom stereocenters. The Morgan fingerprint density at radius 2 is 1.62 bits per heavy atom. The van der Waals surface area contributed by atoms with Gasteiger partial charge in [0.2, 0.25) is 0 Å². The van der Waals surface area contributed by atoms with Crippen LogP contribution in [0.1, 0.15) is 84.2 Å². The first-order valence-electron chi connectivity index (χ1n) is 24.7. The summed E-state index contributed by atoms with van der Waals surface area (Å²) in [5, 5.41) is 59.4. The molecule has 5 bridgehead atoms. The van der Waals surface area contributed by atoms with Gasteiger partial charge in [-0.2, -0.15) is 0 Å². The lowest BCUT2D eigenvalue weighted by molar-refractivity contribution is -0.164. The number of aliphatic hydroxyl groups excluding tert-OH is 2. The number of nitrogens with one attached hydrogen (secondary N) is 1. The van der Waals surface area contributed by atoms with Crippen LogP contribution in [-0.2, 0) is 30.3 Å². The van der Waals surface area contributed by atoms with E-state index in [2.05, 4.69) is 34.4 Å². The molecular formula is C54H67N7O11. The first-order valence-corrected chi connectivity index (χ1v) is 24.7. The van der Waals surface area contributed by atoms with Crippen LogP contribution >= 0.6 is 0 Å². The highest BCUT2D eigenvalue weighted by atomic mass is 16.7. The van der Waals surface area contributed by atoms with Gasteiger partial charge >= 0.3 is 11.8 Å². The van der Waals surface area contributed by atoms with Gasteiger partial charge < -0.3 is 49.6 Å². The normalized spacial score (nSPS) is 29.4. The third kappa shape index (κ3) is 9.88. The number of phenols is 2. The maximum absolute atomic E-state index is 14.9. The fraction of sp³-hybridized carbons (Fsp3) is 0.500. The summed E-state index contributed by atoms with van der Waals surface area (Å²) in [4.78, 5) is 55.5. The predicted octanol–water partition coefficient (Wildman–Crippen LogP) is 5.69. The zero-order chi connectivity index (χ0) is 52.0. The van der Waals surface area contributed by atoms with E-state index in [0.29, 0.717) is 37.5 Å². The number of fused-ring (bicyclic) bond motifs is 13. The fourth-order valence-electron chi connectivity index (χ4n) is 10.4. The van der Waals surface area contributed by atoms with Crippen molar-refractivity contribution in [2.45, 2.75) is 118 Å². The highest BCUT2D eigenvalue weighted by Crippen LogP contribution is 2.50. The number of phenolic OH excluding ortho intramolecular Hbond substituents is 2. The van der Waals surface area contributed by atoms with Crippen LogP contribution in [0.3, 0.4) is 0 Å².